The first-order valence-electron chi connectivity index (χ1n) is 10.0. The van der Waals surface area contributed by atoms with Crippen LogP contribution in [0, 0.1) is 0 Å². The Morgan fingerprint density at radius 2 is 1.75 bits per heavy atom. The van der Waals surface area contributed by atoms with Crippen LogP contribution in [-0.2, 0) is 13.0 Å². The van der Waals surface area contributed by atoms with E-state index in [1.165, 1.54) is 11.3 Å². The molecule has 4 nitrogen and oxygen atoms in total. The first-order chi connectivity index (χ1) is 13.8. The lowest BCUT2D eigenvalue weighted by Gasteiger charge is -2.28. The van der Waals surface area contributed by atoms with E-state index in [1.807, 2.05) is 53.1 Å². The molecule has 5 rings (SSSR count). The highest BCUT2D eigenvalue weighted by molar-refractivity contribution is 7.99. The Kier molecular flexibility index (Phi) is 4.69. The van der Waals surface area contributed by atoms with Gasteiger partial charge < -0.3 is 9.47 Å². The minimum absolute atomic E-state index is 0.0422. The summed E-state index contributed by atoms with van der Waals surface area (Å²) >= 11 is 1.82. The van der Waals surface area contributed by atoms with Crippen LogP contribution in [0.25, 0.3) is 11.4 Å². The van der Waals surface area contributed by atoms with Crippen LogP contribution in [0.2, 0.25) is 0 Å². The Labute approximate surface area is 169 Å². The van der Waals surface area contributed by atoms with Gasteiger partial charge in [-0.1, -0.05) is 48.9 Å². The van der Waals surface area contributed by atoms with Crippen LogP contribution in [-0.4, -0.2) is 27.8 Å². The third-order valence-electron chi connectivity index (χ3n) is 5.58. The molecular formula is C23H23N3OS. The molecule has 1 aromatic heterocycles. The van der Waals surface area contributed by atoms with Crippen molar-refractivity contribution in [1.82, 2.24) is 9.55 Å². The lowest BCUT2D eigenvalue weighted by Crippen LogP contribution is -2.36. The molecule has 2 aromatic carbocycles. The highest BCUT2D eigenvalue weighted by Gasteiger charge is 2.30. The lowest BCUT2D eigenvalue weighted by molar-refractivity contribution is 0.0982. The molecular weight excluding hydrogens is 366 g/mol. The summed E-state index contributed by atoms with van der Waals surface area (Å²) in [6.07, 6.45) is 4.38. The number of thioether (sulfide) groups is 1. The zero-order chi connectivity index (χ0) is 18.9. The molecule has 0 N–H and O–H groups in total. The number of hydrogen-bond donors (Lipinski definition) is 0. The van der Waals surface area contributed by atoms with E-state index in [1.54, 1.807) is 0 Å². The molecule has 0 spiro atoms. The number of aromatic nitrogens is 2. The number of anilines is 1. The molecule has 0 bridgehead atoms. The van der Waals surface area contributed by atoms with Gasteiger partial charge in [0, 0.05) is 29.3 Å². The molecule has 0 unspecified atom stereocenters. The number of fused-ring (bicyclic) bond motifs is 2. The van der Waals surface area contributed by atoms with Crippen LogP contribution in [0.3, 0.4) is 0 Å². The summed E-state index contributed by atoms with van der Waals surface area (Å²) in [5, 5.41) is 0. The summed E-state index contributed by atoms with van der Waals surface area (Å²) in [5.41, 5.74) is 3.85. The number of amides is 1. The standard InChI is InChI=1S/C23H23N3OS/c27-23(26-15-16-28-20-13-7-6-11-18(20)26)21-19-12-5-2-8-14-25(19)22(24-21)17-9-3-1-4-10-17/h1,3-4,6-7,9-11,13H,2,5,8,12,14-16H2. The fraction of sp³-hybridized carbons (Fsp3) is 0.304. The van der Waals surface area contributed by atoms with Gasteiger partial charge in [0.25, 0.3) is 5.91 Å². The summed E-state index contributed by atoms with van der Waals surface area (Å²) < 4.78 is 2.29. The molecule has 0 aliphatic carbocycles. The smallest absolute Gasteiger partial charge is 0.278 e. The number of rotatable bonds is 2. The first-order valence-corrected chi connectivity index (χ1v) is 11.0. The van der Waals surface area contributed by atoms with Gasteiger partial charge in [-0.15, -0.1) is 11.8 Å². The number of hydrogen-bond acceptors (Lipinski definition) is 3. The van der Waals surface area contributed by atoms with Gasteiger partial charge in [0.2, 0.25) is 0 Å². The summed E-state index contributed by atoms with van der Waals surface area (Å²) in [6.45, 7) is 1.67. The Morgan fingerprint density at radius 1 is 0.929 bits per heavy atom. The second kappa shape index (κ2) is 7.47. The van der Waals surface area contributed by atoms with E-state index in [9.17, 15) is 4.79 Å². The average Bonchev–Trinajstić information content (AvgIpc) is 2.94. The van der Waals surface area contributed by atoms with E-state index in [-0.39, 0.29) is 5.91 Å². The van der Waals surface area contributed by atoms with Crippen molar-refractivity contribution in [3.8, 4) is 11.4 Å². The number of nitrogens with zero attached hydrogens (tertiary/aromatic N) is 3. The van der Waals surface area contributed by atoms with Crippen molar-refractivity contribution in [1.29, 1.82) is 0 Å². The summed E-state index contributed by atoms with van der Waals surface area (Å²) in [5.74, 6) is 1.89. The van der Waals surface area contributed by atoms with Crippen molar-refractivity contribution in [2.45, 2.75) is 37.1 Å². The van der Waals surface area contributed by atoms with Crippen molar-refractivity contribution in [2.75, 3.05) is 17.2 Å². The monoisotopic (exact) mass is 389 g/mol. The van der Waals surface area contributed by atoms with E-state index in [4.69, 9.17) is 4.98 Å². The Hall–Kier alpha value is -2.53. The molecule has 142 valence electrons. The number of benzene rings is 2. The third-order valence-corrected chi connectivity index (χ3v) is 6.62. The maximum Gasteiger partial charge on any atom is 0.278 e. The maximum atomic E-state index is 13.6. The van der Waals surface area contributed by atoms with Crippen molar-refractivity contribution in [2.24, 2.45) is 0 Å². The average molecular weight is 390 g/mol. The summed E-state index contributed by atoms with van der Waals surface area (Å²) in [6, 6.07) is 18.5. The molecule has 0 saturated heterocycles. The van der Waals surface area contributed by atoms with Crippen molar-refractivity contribution < 1.29 is 4.79 Å². The van der Waals surface area contributed by atoms with Gasteiger partial charge in [-0.3, -0.25) is 4.79 Å². The van der Waals surface area contributed by atoms with Gasteiger partial charge in [-0.2, -0.15) is 0 Å². The summed E-state index contributed by atoms with van der Waals surface area (Å²) in [7, 11) is 0. The molecule has 0 saturated carbocycles. The van der Waals surface area contributed by atoms with E-state index in [0.717, 1.165) is 60.9 Å². The largest absolute Gasteiger partial charge is 0.327 e. The Morgan fingerprint density at radius 3 is 2.64 bits per heavy atom. The van der Waals surface area contributed by atoms with Crippen LogP contribution in [0.15, 0.2) is 59.5 Å². The highest BCUT2D eigenvalue weighted by Crippen LogP contribution is 2.36. The van der Waals surface area contributed by atoms with Gasteiger partial charge in [0.1, 0.15) is 5.82 Å². The van der Waals surface area contributed by atoms with Gasteiger partial charge in [-0.25, -0.2) is 4.98 Å². The van der Waals surface area contributed by atoms with E-state index in [0.29, 0.717) is 5.69 Å². The van der Waals surface area contributed by atoms with E-state index < -0.39 is 0 Å². The van der Waals surface area contributed by atoms with Crippen molar-refractivity contribution in [3.05, 3.63) is 66.0 Å². The number of carbonyl (C=O) groups excluding carboxylic acids is 1. The molecule has 28 heavy (non-hydrogen) atoms. The van der Waals surface area contributed by atoms with Crippen molar-refractivity contribution in [3.63, 3.8) is 0 Å². The molecule has 3 aromatic rings. The predicted octanol–water partition coefficient (Wildman–Crippen LogP) is 5.03. The second-order valence-electron chi connectivity index (χ2n) is 7.33. The quantitative estimate of drug-likeness (QED) is 0.617. The number of imidazole rings is 1. The van der Waals surface area contributed by atoms with Crippen LogP contribution >= 0.6 is 11.8 Å². The summed E-state index contributed by atoms with van der Waals surface area (Å²) in [4.78, 5) is 21.7. The van der Waals surface area contributed by atoms with Gasteiger partial charge in [0.15, 0.2) is 5.69 Å². The normalized spacial score (nSPS) is 16.2. The Balaban J connectivity index is 1.61. The van der Waals surface area contributed by atoms with Crippen molar-refractivity contribution >= 4 is 23.4 Å². The first kappa shape index (κ1) is 17.6. The topological polar surface area (TPSA) is 38.1 Å². The SMILES string of the molecule is O=C(c1nc(-c2ccccc2)n2c1CCCCC2)N1CCSc2ccccc21. The molecule has 0 atom stereocenters. The molecule has 0 fully saturated rings. The molecule has 5 heteroatoms. The number of para-hydroxylation sites is 1. The van der Waals surface area contributed by atoms with E-state index >= 15 is 0 Å². The zero-order valence-electron chi connectivity index (χ0n) is 15.8. The molecule has 3 heterocycles. The fourth-order valence-electron chi connectivity index (χ4n) is 4.21. The molecule has 2 aliphatic rings. The van der Waals surface area contributed by atoms with Gasteiger partial charge in [0.05, 0.1) is 11.4 Å². The van der Waals surface area contributed by atoms with Crippen LogP contribution in [0.1, 0.15) is 35.4 Å². The molecule has 2 aliphatic heterocycles. The maximum absolute atomic E-state index is 13.6. The van der Waals surface area contributed by atoms with Gasteiger partial charge in [-0.05, 0) is 31.4 Å². The minimum Gasteiger partial charge on any atom is -0.327 e. The zero-order valence-corrected chi connectivity index (χ0v) is 16.6. The van der Waals surface area contributed by atoms with E-state index in [2.05, 4.69) is 22.8 Å². The minimum atomic E-state index is 0.0422. The number of carbonyl (C=O) groups is 1. The predicted molar refractivity (Wildman–Crippen MR) is 114 cm³/mol. The van der Waals surface area contributed by atoms with Crippen LogP contribution in [0.5, 0.6) is 0 Å². The Bertz CT molecular complexity index is 1010. The van der Waals surface area contributed by atoms with Crippen LogP contribution < -0.4 is 4.90 Å². The highest BCUT2D eigenvalue weighted by atomic mass is 32.2. The molecule has 0 radical (unpaired) electrons. The second-order valence-corrected chi connectivity index (χ2v) is 8.47. The fourth-order valence-corrected chi connectivity index (χ4v) is 5.20. The third kappa shape index (κ3) is 3.04. The molecule has 1 amide bonds. The lowest BCUT2D eigenvalue weighted by atomic mass is 10.1. The van der Waals surface area contributed by atoms with Crippen LogP contribution in [0.4, 0.5) is 5.69 Å². The van der Waals surface area contributed by atoms with Gasteiger partial charge >= 0.3 is 0 Å².